The number of rotatable bonds is 7. The lowest BCUT2D eigenvalue weighted by molar-refractivity contribution is -0.123. The number of ether oxygens (including phenoxy) is 1. The van der Waals surface area contributed by atoms with E-state index in [0.29, 0.717) is 37.4 Å². The van der Waals surface area contributed by atoms with Crippen LogP contribution in [0.25, 0.3) is 0 Å². The van der Waals surface area contributed by atoms with Crippen molar-refractivity contribution in [2.24, 2.45) is 11.8 Å². The zero-order valence-electron chi connectivity index (χ0n) is 19.5. The number of nitrogens with one attached hydrogen (secondary N) is 1. The quantitative estimate of drug-likeness (QED) is 0.595. The predicted octanol–water partition coefficient (Wildman–Crippen LogP) is 2.68. The Morgan fingerprint density at radius 3 is 2.45 bits per heavy atom. The van der Waals surface area contributed by atoms with Gasteiger partial charge in [-0.25, -0.2) is 18.2 Å². The SMILES string of the molecule is Cc1nc(N2CCC(C(=O)NS(=O)(=O)CC3CCCC3)CC2)c(C#N)cc1C(=O)OC(C)C. The Balaban J connectivity index is 1.63. The van der Waals surface area contributed by atoms with Crippen molar-refractivity contribution in [2.45, 2.75) is 65.4 Å². The fraction of sp³-hybridized carbons (Fsp3) is 0.652. The molecule has 180 valence electrons. The van der Waals surface area contributed by atoms with E-state index < -0.39 is 27.8 Å². The lowest BCUT2D eigenvalue weighted by Crippen LogP contribution is -2.44. The third-order valence-electron chi connectivity index (χ3n) is 6.23. The third-order valence-corrected chi connectivity index (χ3v) is 7.65. The molecule has 1 amide bonds. The molecule has 9 nitrogen and oxygen atoms in total. The number of esters is 1. The fourth-order valence-electron chi connectivity index (χ4n) is 4.52. The van der Waals surface area contributed by atoms with Gasteiger partial charge in [-0.3, -0.25) is 9.52 Å². The summed E-state index contributed by atoms with van der Waals surface area (Å²) >= 11 is 0. The summed E-state index contributed by atoms with van der Waals surface area (Å²) in [5, 5.41) is 9.61. The Morgan fingerprint density at radius 2 is 1.88 bits per heavy atom. The van der Waals surface area contributed by atoms with Gasteiger partial charge in [0.25, 0.3) is 0 Å². The van der Waals surface area contributed by atoms with E-state index in [1.165, 1.54) is 6.07 Å². The number of aryl methyl sites for hydroxylation is 1. The molecule has 0 radical (unpaired) electrons. The van der Waals surface area contributed by atoms with Gasteiger partial charge in [-0.15, -0.1) is 0 Å². The molecule has 0 bridgehead atoms. The number of anilines is 1. The number of nitriles is 1. The lowest BCUT2D eigenvalue weighted by atomic mass is 9.96. The first-order valence-electron chi connectivity index (χ1n) is 11.5. The predicted molar refractivity (Wildman–Crippen MR) is 123 cm³/mol. The van der Waals surface area contributed by atoms with E-state index in [-0.39, 0.29) is 28.9 Å². The van der Waals surface area contributed by atoms with Gasteiger partial charge in [-0.05, 0) is 58.4 Å². The number of sulfonamides is 1. The minimum absolute atomic E-state index is 0.0118. The van der Waals surface area contributed by atoms with E-state index in [1.807, 2.05) is 4.90 Å². The van der Waals surface area contributed by atoms with Crippen LogP contribution in [0.15, 0.2) is 6.07 Å². The zero-order chi connectivity index (χ0) is 24.2. The highest BCUT2D eigenvalue weighted by Gasteiger charge is 2.31. The van der Waals surface area contributed by atoms with E-state index in [2.05, 4.69) is 15.8 Å². The maximum atomic E-state index is 12.6. The van der Waals surface area contributed by atoms with Gasteiger partial charge in [0.05, 0.1) is 28.7 Å². The van der Waals surface area contributed by atoms with Crippen LogP contribution in [0, 0.1) is 30.1 Å². The van der Waals surface area contributed by atoms with Crippen molar-refractivity contribution in [1.82, 2.24) is 9.71 Å². The standard InChI is InChI=1S/C23H32N4O5S/c1-15(2)32-23(29)20-12-19(13-24)21(25-16(20)3)27-10-8-18(9-11-27)22(28)26-33(30,31)14-17-6-4-5-7-17/h12,15,17-18H,4-11,14H2,1-3H3,(H,26,28). The van der Waals surface area contributed by atoms with Crippen LogP contribution < -0.4 is 9.62 Å². The van der Waals surface area contributed by atoms with Gasteiger partial charge in [0.15, 0.2) is 0 Å². The summed E-state index contributed by atoms with van der Waals surface area (Å²) in [4.78, 5) is 31.3. The van der Waals surface area contributed by atoms with E-state index in [0.717, 1.165) is 25.7 Å². The van der Waals surface area contributed by atoms with Gasteiger partial charge < -0.3 is 9.64 Å². The molecular formula is C23H32N4O5S. The maximum Gasteiger partial charge on any atom is 0.340 e. The van der Waals surface area contributed by atoms with E-state index in [9.17, 15) is 23.3 Å². The molecule has 33 heavy (non-hydrogen) atoms. The number of pyridine rings is 1. The molecule has 0 atom stereocenters. The van der Waals surface area contributed by atoms with Gasteiger partial charge in [0.1, 0.15) is 11.9 Å². The molecule has 1 saturated carbocycles. The topological polar surface area (TPSA) is 129 Å². The maximum absolute atomic E-state index is 12.6. The largest absolute Gasteiger partial charge is 0.459 e. The van der Waals surface area contributed by atoms with Crippen molar-refractivity contribution in [3.63, 3.8) is 0 Å². The van der Waals surface area contributed by atoms with Crippen LogP contribution in [0.5, 0.6) is 0 Å². The number of aromatic nitrogens is 1. The smallest absolute Gasteiger partial charge is 0.340 e. The van der Waals surface area contributed by atoms with E-state index >= 15 is 0 Å². The Kier molecular flexibility index (Phi) is 7.95. The van der Waals surface area contributed by atoms with Crippen LogP contribution in [0.3, 0.4) is 0 Å². The van der Waals surface area contributed by atoms with Crippen molar-refractivity contribution in [1.29, 1.82) is 5.26 Å². The fourth-order valence-corrected chi connectivity index (χ4v) is 6.03. The van der Waals surface area contributed by atoms with Crippen molar-refractivity contribution in [3.8, 4) is 6.07 Å². The molecule has 1 aliphatic carbocycles. The van der Waals surface area contributed by atoms with Crippen molar-refractivity contribution in [2.75, 3.05) is 23.7 Å². The van der Waals surface area contributed by atoms with Gasteiger partial charge in [0.2, 0.25) is 15.9 Å². The Labute approximate surface area is 195 Å². The molecule has 10 heteroatoms. The molecule has 1 N–H and O–H groups in total. The molecule has 1 aliphatic heterocycles. The van der Waals surface area contributed by atoms with Crippen LogP contribution >= 0.6 is 0 Å². The molecule has 1 aromatic rings. The van der Waals surface area contributed by atoms with Crippen LogP contribution in [-0.4, -0.2) is 50.2 Å². The van der Waals surface area contributed by atoms with Gasteiger partial charge >= 0.3 is 5.97 Å². The number of carbonyl (C=O) groups excluding carboxylic acids is 2. The second kappa shape index (κ2) is 10.5. The van der Waals surface area contributed by atoms with Crippen LogP contribution in [0.2, 0.25) is 0 Å². The molecule has 0 aromatic carbocycles. The number of piperidine rings is 1. The molecule has 0 unspecified atom stereocenters. The minimum atomic E-state index is -3.63. The van der Waals surface area contributed by atoms with Crippen LogP contribution in [0.4, 0.5) is 5.82 Å². The molecule has 2 heterocycles. The first-order chi connectivity index (χ1) is 15.6. The first-order valence-corrected chi connectivity index (χ1v) is 13.2. The Morgan fingerprint density at radius 1 is 1.24 bits per heavy atom. The number of hydrogen-bond donors (Lipinski definition) is 1. The average Bonchev–Trinajstić information content (AvgIpc) is 3.24. The number of nitrogens with zero attached hydrogens (tertiary/aromatic N) is 3. The van der Waals surface area contributed by atoms with Crippen LogP contribution in [-0.2, 0) is 19.6 Å². The number of hydrogen-bond acceptors (Lipinski definition) is 8. The summed E-state index contributed by atoms with van der Waals surface area (Å²) in [6, 6.07) is 3.59. The van der Waals surface area contributed by atoms with Gasteiger partial charge in [0, 0.05) is 19.0 Å². The molecule has 2 fully saturated rings. The normalized spacial score (nSPS) is 17.7. The van der Waals surface area contributed by atoms with E-state index in [1.54, 1.807) is 20.8 Å². The molecule has 1 saturated heterocycles. The molecular weight excluding hydrogens is 444 g/mol. The Hall–Kier alpha value is -2.67. The van der Waals surface area contributed by atoms with Crippen molar-refractivity contribution in [3.05, 3.63) is 22.9 Å². The highest BCUT2D eigenvalue weighted by atomic mass is 32.2. The van der Waals surface area contributed by atoms with Crippen molar-refractivity contribution >= 4 is 27.7 Å². The second-order valence-electron chi connectivity index (χ2n) is 9.22. The summed E-state index contributed by atoms with van der Waals surface area (Å²) in [5.41, 5.74) is 0.983. The average molecular weight is 477 g/mol. The highest BCUT2D eigenvalue weighted by molar-refractivity contribution is 7.90. The molecule has 0 spiro atoms. The Bertz CT molecular complexity index is 1030. The lowest BCUT2D eigenvalue weighted by Gasteiger charge is -2.32. The number of amides is 1. The highest BCUT2D eigenvalue weighted by Crippen LogP contribution is 2.28. The minimum Gasteiger partial charge on any atom is -0.459 e. The third kappa shape index (κ3) is 6.44. The molecule has 3 rings (SSSR count). The molecule has 1 aromatic heterocycles. The van der Waals surface area contributed by atoms with E-state index in [4.69, 9.17) is 4.74 Å². The zero-order valence-corrected chi connectivity index (χ0v) is 20.3. The van der Waals surface area contributed by atoms with Crippen molar-refractivity contribution < 1.29 is 22.7 Å². The second-order valence-corrected chi connectivity index (χ2v) is 11.0. The van der Waals surface area contributed by atoms with Gasteiger partial charge in [-0.2, -0.15) is 5.26 Å². The summed E-state index contributed by atoms with van der Waals surface area (Å²) in [7, 11) is -3.63. The summed E-state index contributed by atoms with van der Waals surface area (Å²) in [6.07, 6.45) is 4.51. The summed E-state index contributed by atoms with van der Waals surface area (Å²) < 4.78 is 32.2. The summed E-state index contributed by atoms with van der Waals surface area (Å²) in [5.74, 6) is -0.777. The monoisotopic (exact) mass is 476 g/mol. The number of carbonyl (C=O) groups is 2. The first kappa shape index (κ1) is 25.0. The van der Waals surface area contributed by atoms with Crippen LogP contribution in [0.1, 0.15) is 74.0 Å². The van der Waals surface area contributed by atoms with Gasteiger partial charge in [-0.1, -0.05) is 12.8 Å². The molecule has 2 aliphatic rings. The summed E-state index contributed by atoms with van der Waals surface area (Å²) in [6.45, 7) is 6.10.